The van der Waals surface area contributed by atoms with Gasteiger partial charge in [-0.25, -0.2) is 0 Å². The number of hydrogen-bond acceptors (Lipinski definition) is 2. The predicted molar refractivity (Wildman–Crippen MR) is 70.5 cm³/mol. The molecule has 0 aromatic heterocycles. The van der Waals surface area contributed by atoms with Gasteiger partial charge >= 0.3 is 0 Å². The van der Waals surface area contributed by atoms with Gasteiger partial charge in [0.25, 0.3) is 0 Å². The van der Waals surface area contributed by atoms with Gasteiger partial charge in [-0.2, -0.15) is 0 Å². The van der Waals surface area contributed by atoms with Crippen molar-refractivity contribution in [1.29, 1.82) is 0 Å². The van der Waals surface area contributed by atoms with Gasteiger partial charge in [-0.05, 0) is 18.9 Å². The fourth-order valence-electron chi connectivity index (χ4n) is 1.84. The molecule has 3 heteroatoms. The second-order valence-corrected chi connectivity index (χ2v) is 4.43. The number of amides is 1. The van der Waals surface area contributed by atoms with Crippen molar-refractivity contribution >= 4 is 5.91 Å². The van der Waals surface area contributed by atoms with Gasteiger partial charge in [0.2, 0.25) is 5.91 Å². The van der Waals surface area contributed by atoms with E-state index in [0.717, 1.165) is 18.4 Å². The van der Waals surface area contributed by atoms with Crippen molar-refractivity contribution in [3.8, 4) is 0 Å². The summed E-state index contributed by atoms with van der Waals surface area (Å²) < 4.78 is 0. The molecular formula is C14H22N2O. The predicted octanol–water partition coefficient (Wildman–Crippen LogP) is 2.33. The summed E-state index contributed by atoms with van der Waals surface area (Å²) in [6.45, 7) is 4.06. The van der Waals surface area contributed by atoms with Crippen LogP contribution in [0, 0.1) is 0 Å². The van der Waals surface area contributed by atoms with Crippen molar-refractivity contribution in [2.45, 2.75) is 38.8 Å². The number of hydrogen-bond donors (Lipinski definition) is 1. The average molecular weight is 234 g/mol. The Labute approximate surface area is 104 Å². The Bertz CT molecular complexity index is 350. The van der Waals surface area contributed by atoms with Crippen LogP contribution in [-0.2, 0) is 4.79 Å². The zero-order chi connectivity index (χ0) is 12.8. The van der Waals surface area contributed by atoms with E-state index in [1.165, 1.54) is 0 Å². The Morgan fingerprint density at radius 2 is 1.94 bits per heavy atom. The van der Waals surface area contributed by atoms with Gasteiger partial charge in [0.1, 0.15) is 0 Å². The van der Waals surface area contributed by atoms with Crippen LogP contribution < -0.4 is 5.73 Å². The molecule has 17 heavy (non-hydrogen) atoms. The number of likely N-dealkylation sites (N-methyl/N-ethyl adjacent to an activating group) is 1. The van der Waals surface area contributed by atoms with E-state index in [9.17, 15) is 4.79 Å². The minimum Gasteiger partial charge on any atom is -0.338 e. The van der Waals surface area contributed by atoms with E-state index < -0.39 is 0 Å². The van der Waals surface area contributed by atoms with E-state index in [2.05, 4.69) is 0 Å². The molecule has 1 aromatic rings. The van der Waals surface area contributed by atoms with E-state index in [1.54, 1.807) is 4.90 Å². The van der Waals surface area contributed by atoms with Crippen LogP contribution in [0.3, 0.4) is 0 Å². The van der Waals surface area contributed by atoms with Crippen LogP contribution >= 0.6 is 0 Å². The van der Waals surface area contributed by atoms with Crippen molar-refractivity contribution < 1.29 is 4.79 Å². The average Bonchev–Trinajstić information content (AvgIpc) is 2.37. The van der Waals surface area contributed by atoms with Crippen LogP contribution in [-0.4, -0.2) is 23.9 Å². The second-order valence-electron chi connectivity index (χ2n) is 4.43. The third-order valence-corrected chi connectivity index (χ3v) is 3.13. The van der Waals surface area contributed by atoms with Crippen LogP contribution in [0.2, 0.25) is 0 Å². The van der Waals surface area contributed by atoms with Crippen molar-refractivity contribution in [3.63, 3.8) is 0 Å². The number of benzene rings is 1. The quantitative estimate of drug-likeness (QED) is 0.850. The molecule has 94 valence electrons. The highest BCUT2D eigenvalue weighted by molar-refractivity contribution is 5.81. The van der Waals surface area contributed by atoms with Gasteiger partial charge in [-0.15, -0.1) is 0 Å². The van der Waals surface area contributed by atoms with E-state index in [4.69, 9.17) is 5.73 Å². The van der Waals surface area contributed by atoms with Gasteiger partial charge in [-0.1, -0.05) is 43.7 Å². The summed E-state index contributed by atoms with van der Waals surface area (Å²) in [5.74, 6) is 0.0169. The third kappa shape index (κ3) is 3.56. The Balaban J connectivity index is 2.70. The smallest absolute Gasteiger partial charge is 0.239 e. The van der Waals surface area contributed by atoms with Crippen molar-refractivity contribution in [2.24, 2.45) is 5.73 Å². The molecule has 1 amide bonds. The molecule has 0 fully saturated rings. The van der Waals surface area contributed by atoms with Crippen LogP contribution in [0.25, 0.3) is 0 Å². The minimum absolute atomic E-state index is 0.0169. The highest BCUT2D eigenvalue weighted by atomic mass is 16.2. The molecule has 0 saturated carbocycles. The molecule has 3 nitrogen and oxygen atoms in total. The Kier molecular flexibility index (Phi) is 5.16. The monoisotopic (exact) mass is 234 g/mol. The summed E-state index contributed by atoms with van der Waals surface area (Å²) >= 11 is 0. The maximum Gasteiger partial charge on any atom is 0.239 e. The number of nitrogens with zero attached hydrogens (tertiary/aromatic N) is 1. The number of carbonyl (C=O) groups excluding carboxylic acids is 1. The molecule has 0 bridgehead atoms. The van der Waals surface area contributed by atoms with E-state index in [-0.39, 0.29) is 18.0 Å². The van der Waals surface area contributed by atoms with E-state index in [1.807, 2.05) is 51.2 Å². The molecule has 2 atom stereocenters. The highest BCUT2D eigenvalue weighted by Crippen LogP contribution is 2.19. The van der Waals surface area contributed by atoms with Crippen molar-refractivity contribution in [1.82, 2.24) is 4.90 Å². The molecular weight excluding hydrogens is 212 g/mol. The fraction of sp³-hybridized carbons (Fsp3) is 0.500. The largest absolute Gasteiger partial charge is 0.338 e. The Morgan fingerprint density at radius 1 is 1.35 bits per heavy atom. The standard InChI is InChI=1S/C14H22N2O/c1-4-8-13(15)14(17)16(3)11(2)12-9-6-5-7-10-12/h5-7,9-11,13H,4,8,15H2,1-3H3/t11?,13-/m1/s1. The Hall–Kier alpha value is -1.35. The SMILES string of the molecule is CCC[C@@H](N)C(=O)N(C)C(C)c1ccccc1. The van der Waals surface area contributed by atoms with Gasteiger partial charge in [-0.3, -0.25) is 4.79 Å². The number of rotatable bonds is 5. The van der Waals surface area contributed by atoms with Crippen LogP contribution in [0.4, 0.5) is 0 Å². The molecule has 2 N–H and O–H groups in total. The van der Waals surface area contributed by atoms with Gasteiger partial charge in [0.05, 0.1) is 12.1 Å². The maximum absolute atomic E-state index is 12.0. The van der Waals surface area contributed by atoms with Crippen LogP contribution in [0.5, 0.6) is 0 Å². The summed E-state index contributed by atoms with van der Waals surface area (Å²) in [5.41, 5.74) is 6.98. The van der Waals surface area contributed by atoms with Crippen molar-refractivity contribution in [3.05, 3.63) is 35.9 Å². The van der Waals surface area contributed by atoms with Crippen molar-refractivity contribution in [2.75, 3.05) is 7.05 Å². The zero-order valence-corrected chi connectivity index (χ0v) is 10.9. The molecule has 0 saturated heterocycles. The summed E-state index contributed by atoms with van der Waals surface area (Å²) in [5, 5.41) is 0. The lowest BCUT2D eigenvalue weighted by Gasteiger charge is -2.27. The Morgan fingerprint density at radius 3 is 2.47 bits per heavy atom. The summed E-state index contributed by atoms with van der Waals surface area (Å²) in [4.78, 5) is 13.8. The van der Waals surface area contributed by atoms with Crippen LogP contribution in [0.15, 0.2) is 30.3 Å². The first-order chi connectivity index (χ1) is 8.07. The first-order valence-electron chi connectivity index (χ1n) is 6.15. The highest BCUT2D eigenvalue weighted by Gasteiger charge is 2.21. The normalized spacial score (nSPS) is 14.1. The fourth-order valence-corrected chi connectivity index (χ4v) is 1.84. The minimum atomic E-state index is -0.379. The molecule has 0 aliphatic carbocycles. The lowest BCUT2D eigenvalue weighted by molar-refractivity contribution is -0.133. The third-order valence-electron chi connectivity index (χ3n) is 3.13. The summed E-state index contributed by atoms with van der Waals surface area (Å²) in [7, 11) is 1.82. The summed E-state index contributed by atoms with van der Waals surface area (Å²) in [6.07, 6.45) is 1.67. The molecule has 0 spiro atoms. The lowest BCUT2D eigenvalue weighted by atomic mass is 10.1. The topological polar surface area (TPSA) is 46.3 Å². The first-order valence-corrected chi connectivity index (χ1v) is 6.15. The van der Waals surface area contributed by atoms with Crippen LogP contribution in [0.1, 0.15) is 38.3 Å². The molecule has 0 radical (unpaired) electrons. The summed E-state index contributed by atoms with van der Waals surface area (Å²) in [6, 6.07) is 9.68. The van der Waals surface area contributed by atoms with Gasteiger partial charge in [0, 0.05) is 7.05 Å². The van der Waals surface area contributed by atoms with E-state index in [0.29, 0.717) is 0 Å². The molecule has 0 aliphatic heterocycles. The molecule has 1 unspecified atom stereocenters. The van der Waals surface area contributed by atoms with Gasteiger partial charge in [0.15, 0.2) is 0 Å². The molecule has 0 aliphatic rings. The van der Waals surface area contributed by atoms with E-state index >= 15 is 0 Å². The number of nitrogens with two attached hydrogens (primary N) is 1. The molecule has 0 heterocycles. The second kappa shape index (κ2) is 6.40. The molecule has 1 rings (SSSR count). The zero-order valence-electron chi connectivity index (χ0n) is 10.9. The maximum atomic E-state index is 12.0. The lowest BCUT2D eigenvalue weighted by Crippen LogP contribution is -2.42. The molecule has 1 aromatic carbocycles. The van der Waals surface area contributed by atoms with Gasteiger partial charge < -0.3 is 10.6 Å². The number of carbonyl (C=O) groups is 1. The first kappa shape index (κ1) is 13.7.